The van der Waals surface area contributed by atoms with Crippen molar-refractivity contribution < 1.29 is 14.7 Å². The van der Waals surface area contributed by atoms with Gasteiger partial charge in [0.15, 0.2) is 5.78 Å². The Morgan fingerprint density at radius 1 is 1.05 bits per heavy atom. The zero-order chi connectivity index (χ0) is 27.5. The van der Waals surface area contributed by atoms with Gasteiger partial charge in [0.1, 0.15) is 0 Å². The van der Waals surface area contributed by atoms with Crippen molar-refractivity contribution in [3.05, 3.63) is 94.7 Å². The minimum atomic E-state index is -0.169. The Bertz CT molecular complexity index is 1260. The van der Waals surface area contributed by atoms with Crippen LogP contribution in [0.15, 0.2) is 61.2 Å². The van der Waals surface area contributed by atoms with Gasteiger partial charge in [0, 0.05) is 35.1 Å². The molecule has 1 heterocycles. The maximum atomic E-state index is 12.8. The second kappa shape index (κ2) is 14.0. The number of pyridine rings is 1. The maximum Gasteiger partial charge on any atom is 0.255 e. The van der Waals surface area contributed by atoms with E-state index in [1.54, 1.807) is 25.1 Å². The van der Waals surface area contributed by atoms with Gasteiger partial charge in [0.05, 0.1) is 11.4 Å². The minimum absolute atomic E-state index is 0.0125. The first-order valence-electron chi connectivity index (χ1n) is 12.6. The largest absolute Gasteiger partial charge is 0.400 e. The first kappa shape index (κ1) is 29.4. The number of ketones is 1. The lowest BCUT2D eigenvalue weighted by molar-refractivity contribution is 0.101. The molecule has 2 aromatic carbocycles. The lowest BCUT2D eigenvalue weighted by Crippen LogP contribution is -2.12. The summed E-state index contributed by atoms with van der Waals surface area (Å²) in [4.78, 5) is 30.3. The van der Waals surface area contributed by atoms with Crippen molar-refractivity contribution in [1.82, 2.24) is 4.98 Å². The van der Waals surface area contributed by atoms with Crippen LogP contribution in [0.25, 0.3) is 23.4 Å². The highest BCUT2D eigenvalue weighted by Gasteiger charge is 2.20. The molecule has 0 radical (unpaired) electrons. The predicted molar refractivity (Wildman–Crippen MR) is 155 cm³/mol. The van der Waals surface area contributed by atoms with Crippen LogP contribution in [0.4, 0.5) is 5.69 Å². The molecule has 5 heteroatoms. The van der Waals surface area contributed by atoms with Crippen LogP contribution in [0.3, 0.4) is 0 Å². The number of nitrogens with zero attached hydrogens (tertiary/aromatic N) is 1. The molecule has 0 fully saturated rings. The molecule has 0 saturated heterocycles. The predicted octanol–water partition coefficient (Wildman–Crippen LogP) is 7.56. The minimum Gasteiger partial charge on any atom is -0.400 e. The van der Waals surface area contributed by atoms with E-state index in [0.717, 1.165) is 41.6 Å². The molecular weight excluding hydrogens is 460 g/mol. The molecule has 1 amide bonds. The highest BCUT2D eigenvalue weighted by atomic mass is 16.2. The average Bonchev–Trinajstić information content (AvgIpc) is 2.93. The summed E-state index contributed by atoms with van der Waals surface area (Å²) < 4.78 is 0. The summed E-state index contributed by atoms with van der Waals surface area (Å²) in [7, 11) is 1.00. The van der Waals surface area contributed by atoms with Crippen LogP contribution < -0.4 is 5.32 Å². The van der Waals surface area contributed by atoms with E-state index in [1.807, 2.05) is 50.3 Å². The quantitative estimate of drug-likeness (QED) is 0.298. The highest BCUT2D eigenvalue weighted by molar-refractivity contribution is 6.05. The van der Waals surface area contributed by atoms with Gasteiger partial charge >= 0.3 is 0 Å². The van der Waals surface area contributed by atoms with Crippen molar-refractivity contribution in [3.8, 4) is 11.3 Å². The standard InChI is InChI=1S/C31H34N2O2.CH4O/c1-7-11-28-26(9-3)29(21(6)34)27(10-4)30(33-28)23-12-14-24(15-13-23)31(35)32-25-18-16-22(17-19-25)20(5)8-2;1-2/h7,9,11-20H,3,8,10H2,1-2,4-6H3,(H,32,35);2H,1H3/b11-7-;. The Hall–Kier alpha value is -3.83. The van der Waals surface area contributed by atoms with Gasteiger partial charge in [-0.05, 0) is 74.1 Å². The number of aromatic nitrogens is 1. The lowest BCUT2D eigenvalue weighted by Gasteiger charge is -2.17. The van der Waals surface area contributed by atoms with Crippen molar-refractivity contribution in [2.75, 3.05) is 12.4 Å². The molecule has 2 N–H and O–H groups in total. The van der Waals surface area contributed by atoms with Crippen molar-refractivity contribution in [2.24, 2.45) is 0 Å². The van der Waals surface area contributed by atoms with E-state index in [1.165, 1.54) is 5.56 Å². The van der Waals surface area contributed by atoms with Gasteiger partial charge in [-0.3, -0.25) is 9.59 Å². The molecular formula is C32H38N2O3. The van der Waals surface area contributed by atoms with E-state index in [-0.39, 0.29) is 11.7 Å². The number of carbonyl (C=O) groups is 2. The molecule has 0 aliphatic rings. The second-order valence-electron chi connectivity index (χ2n) is 8.69. The van der Waals surface area contributed by atoms with E-state index < -0.39 is 0 Å². The zero-order valence-corrected chi connectivity index (χ0v) is 22.8. The first-order valence-corrected chi connectivity index (χ1v) is 12.6. The number of benzene rings is 2. The summed E-state index contributed by atoms with van der Waals surface area (Å²) in [5.74, 6) is 0.311. The molecule has 0 aliphatic heterocycles. The summed E-state index contributed by atoms with van der Waals surface area (Å²) >= 11 is 0. The van der Waals surface area contributed by atoms with Gasteiger partial charge < -0.3 is 10.4 Å². The number of rotatable bonds is 9. The van der Waals surface area contributed by atoms with Gasteiger partial charge in [0.2, 0.25) is 0 Å². The SMILES string of the molecule is C=Cc1c(/C=C\C)nc(-c2ccc(C(=O)Nc3ccc(C(C)CC)cc3)cc2)c(CC)c1C(C)=O.CO. The third-order valence-electron chi connectivity index (χ3n) is 6.37. The number of Topliss-reactive ketones (excluding diaryl/α,β-unsaturated/α-hetero) is 1. The molecule has 1 unspecified atom stereocenters. The fraction of sp³-hybridized carbons (Fsp3) is 0.281. The van der Waals surface area contributed by atoms with E-state index in [9.17, 15) is 9.59 Å². The van der Waals surface area contributed by atoms with Crippen LogP contribution in [-0.4, -0.2) is 28.9 Å². The summed E-state index contributed by atoms with van der Waals surface area (Å²) in [6.45, 7) is 13.8. The summed E-state index contributed by atoms with van der Waals surface area (Å²) in [6.07, 6.45) is 7.22. The van der Waals surface area contributed by atoms with Crippen molar-refractivity contribution in [2.45, 2.75) is 53.4 Å². The van der Waals surface area contributed by atoms with Gasteiger partial charge in [0.25, 0.3) is 5.91 Å². The number of amides is 1. The second-order valence-corrected chi connectivity index (χ2v) is 8.69. The van der Waals surface area contributed by atoms with Crippen molar-refractivity contribution in [1.29, 1.82) is 0 Å². The average molecular weight is 499 g/mol. The third-order valence-corrected chi connectivity index (χ3v) is 6.37. The molecule has 1 atom stereocenters. The Balaban J connectivity index is 0.00000235. The topological polar surface area (TPSA) is 79.3 Å². The van der Waals surface area contributed by atoms with Gasteiger partial charge in [-0.15, -0.1) is 0 Å². The third kappa shape index (κ3) is 6.89. The molecule has 3 aromatic rings. The fourth-order valence-electron chi connectivity index (χ4n) is 4.25. The smallest absolute Gasteiger partial charge is 0.255 e. The summed E-state index contributed by atoms with van der Waals surface area (Å²) in [5, 5.41) is 9.97. The Morgan fingerprint density at radius 2 is 1.68 bits per heavy atom. The molecule has 0 bridgehead atoms. The molecule has 194 valence electrons. The molecule has 1 aromatic heterocycles. The normalized spacial score (nSPS) is 11.4. The number of aliphatic hydroxyl groups excluding tert-OH is 1. The van der Waals surface area contributed by atoms with Crippen LogP contribution in [-0.2, 0) is 6.42 Å². The number of nitrogens with one attached hydrogen (secondary N) is 1. The zero-order valence-electron chi connectivity index (χ0n) is 22.8. The van der Waals surface area contributed by atoms with Gasteiger partial charge in [-0.2, -0.15) is 0 Å². The molecule has 0 saturated carbocycles. The molecule has 3 rings (SSSR count). The van der Waals surface area contributed by atoms with E-state index in [4.69, 9.17) is 10.1 Å². The summed E-state index contributed by atoms with van der Waals surface area (Å²) in [6, 6.07) is 15.4. The van der Waals surface area contributed by atoms with Crippen molar-refractivity contribution >= 4 is 29.5 Å². The number of carbonyl (C=O) groups excluding carboxylic acids is 2. The van der Waals surface area contributed by atoms with E-state index in [2.05, 4.69) is 37.9 Å². The lowest BCUT2D eigenvalue weighted by atomic mass is 9.91. The fourth-order valence-corrected chi connectivity index (χ4v) is 4.25. The van der Waals surface area contributed by atoms with Crippen LogP contribution >= 0.6 is 0 Å². The summed E-state index contributed by atoms with van der Waals surface area (Å²) in [5.41, 5.74) is 7.21. The number of aliphatic hydroxyl groups is 1. The van der Waals surface area contributed by atoms with Crippen LogP contribution in [0.5, 0.6) is 0 Å². The monoisotopic (exact) mass is 498 g/mol. The number of hydrogen-bond acceptors (Lipinski definition) is 4. The van der Waals surface area contributed by atoms with Gasteiger partial charge in [-0.1, -0.05) is 63.8 Å². The molecule has 0 aliphatic carbocycles. The Morgan fingerprint density at radius 3 is 2.16 bits per heavy atom. The van der Waals surface area contributed by atoms with Gasteiger partial charge in [-0.25, -0.2) is 4.98 Å². The molecule has 0 spiro atoms. The molecule has 37 heavy (non-hydrogen) atoms. The van der Waals surface area contributed by atoms with E-state index >= 15 is 0 Å². The van der Waals surface area contributed by atoms with Crippen molar-refractivity contribution in [3.63, 3.8) is 0 Å². The molecule has 5 nitrogen and oxygen atoms in total. The highest BCUT2D eigenvalue weighted by Crippen LogP contribution is 2.31. The van der Waals surface area contributed by atoms with Crippen LogP contribution in [0.2, 0.25) is 0 Å². The Kier molecular flexibility index (Phi) is 11.2. The Labute approximate surface area is 221 Å². The number of allylic oxidation sites excluding steroid dienone is 1. The first-order chi connectivity index (χ1) is 17.8. The van der Waals surface area contributed by atoms with Crippen LogP contribution in [0.1, 0.15) is 90.1 Å². The number of anilines is 1. The number of hydrogen-bond donors (Lipinski definition) is 2. The van der Waals surface area contributed by atoms with E-state index in [0.29, 0.717) is 29.2 Å². The van der Waals surface area contributed by atoms with Crippen LogP contribution in [0, 0.1) is 0 Å². The maximum absolute atomic E-state index is 12.8.